The third-order valence-corrected chi connectivity index (χ3v) is 3.51. The van der Waals surface area contributed by atoms with E-state index in [1.807, 2.05) is 0 Å². The van der Waals surface area contributed by atoms with Crippen molar-refractivity contribution in [1.29, 1.82) is 0 Å². The molecule has 112 valence electrons. The first-order valence-corrected chi connectivity index (χ1v) is 6.81. The molecule has 1 aromatic rings. The minimum Gasteiger partial charge on any atom is -0.380 e. The van der Waals surface area contributed by atoms with Crippen LogP contribution < -0.4 is 11.1 Å². The monoisotopic (exact) mass is 322 g/mol. The van der Waals surface area contributed by atoms with Gasteiger partial charge in [-0.1, -0.05) is 23.2 Å². The largest absolute Gasteiger partial charge is 0.380 e. The van der Waals surface area contributed by atoms with Crippen molar-refractivity contribution in [2.24, 2.45) is 5.73 Å². The lowest BCUT2D eigenvalue weighted by Gasteiger charge is -2.18. The number of hydrogen-bond donors (Lipinski definition) is 2. The fraction of sp³-hybridized carbons (Fsp3) is 0.462. The minimum atomic E-state index is -0.580. The highest BCUT2D eigenvalue weighted by Crippen LogP contribution is 2.28. The molecule has 0 aliphatic carbocycles. The Kier molecular flexibility index (Phi) is 6.68. The van der Waals surface area contributed by atoms with E-state index in [4.69, 9.17) is 33.7 Å². The zero-order chi connectivity index (χ0) is 15.3. The van der Waals surface area contributed by atoms with Gasteiger partial charge in [0.25, 0.3) is 0 Å². The molecule has 0 saturated carbocycles. The van der Waals surface area contributed by atoms with Crippen LogP contribution in [-0.2, 0) is 9.53 Å². The lowest BCUT2D eigenvalue weighted by atomic mass is 10.1. The summed E-state index contributed by atoms with van der Waals surface area (Å²) < 4.78 is 18.5. The van der Waals surface area contributed by atoms with Crippen LogP contribution in [0.3, 0.4) is 0 Å². The summed E-state index contributed by atoms with van der Waals surface area (Å²) in [4.78, 5) is 11.8. The van der Waals surface area contributed by atoms with Gasteiger partial charge >= 0.3 is 0 Å². The van der Waals surface area contributed by atoms with Crippen molar-refractivity contribution in [1.82, 2.24) is 5.32 Å². The highest BCUT2D eigenvalue weighted by Gasteiger charge is 2.17. The van der Waals surface area contributed by atoms with Crippen molar-refractivity contribution in [3.8, 4) is 0 Å². The Morgan fingerprint density at radius 1 is 1.45 bits per heavy atom. The number of hydrogen-bond acceptors (Lipinski definition) is 3. The number of methoxy groups -OCH3 is 1. The number of amides is 1. The molecule has 1 rings (SSSR count). The van der Waals surface area contributed by atoms with Crippen molar-refractivity contribution < 1.29 is 13.9 Å². The first kappa shape index (κ1) is 17.2. The molecule has 20 heavy (non-hydrogen) atoms. The van der Waals surface area contributed by atoms with E-state index in [1.165, 1.54) is 19.2 Å². The number of carbonyl (C=O) groups excluding carboxylic acids is 1. The van der Waals surface area contributed by atoms with Gasteiger partial charge in [0.2, 0.25) is 5.91 Å². The van der Waals surface area contributed by atoms with Gasteiger partial charge in [-0.3, -0.25) is 4.79 Å². The highest BCUT2D eigenvalue weighted by atomic mass is 35.5. The average molecular weight is 323 g/mol. The van der Waals surface area contributed by atoms with E-state index >= 15 is 0 Å². The molecule has 0 saturated heterocycles. The molecule has 1 amide bonds. The lowest BCUT2D eigenvalue weighted by Crippen LogP contribution is -2.33. The molecule has 0 radical (unpaired) electrons. The zero-order valence-electron chi connectivity index (χ0n) is 11.3. The number of ether oxygens (including phenoxy) is 1. The van der Waals surface area contributed by atoms with Crippen LogP contribution in [0.1, 0.15) is 24.9 Å². The van der Waals surface area contributed by atoms with E-state index in [2.05, 4.69) is 5.32 Å². The van der Waals surface area contributed by atoms with Crippen molar-refractivity contribution in [2.75, 3.05) is 13.7 Å². The summed E-state index contributed by atoms with van der Waals surface area (Å²) in [6.07, 6.45) is -0.218. The molecule has 4 nitrogen and oxygen atoms in total. The topological polar surface area (TPSA) is 64.3 Å². The summed E-state index contributed by atoms with van der Waals surface area (Å²) in [6, 6.07) is 2.08. The van der Waals surface area contributed by atoms with Crippen LogP contribution in [0.25, 0.3) is 0 Å². The Morgan fingerprint density at radius 3 is 2.65 bits per heavy atom. The van der Waals surface area contributed by atoms with E-state index in [0.29, 0.717) is 10.6 Å². The zero-order valence-corrected chi connectivity index (χ0v) is 12.8. The van der Waals surface area contributed by atoms with Crippen LogP contribution in [-0.4, -0.2) is 25.7 Å². The molecule has 2 atom stereocenters. The van der Waals surface area contributed by atoms with Crippen LogP contribution in [0, 0.1) is 5.82 Å². The Labute approximate surface area is 127 Å². The molecule has 3 N–H and O–H groups in total. The van der Waals surface area contributed by atoms with Gasteiger partial charge in [0.05, 0.1) is 23.6 Å². The number of benzene rings is 1. The molecule has 7 heteroatoms. The van der Waals surface area contributed by atoms with Gasteiger partial charge in [-0.2, -0.15) is 0 Å². The van der Waals surface area contributed by atoms with Gasteiger partial charge in [0.1, 0.15) is 5.82 Å². The second-order valence-corrected chi connectivity index (χ2v) is 5.19. The summed E-state index contributed by atoms with van der Waals surface area (Å²) >= 11 is 11.6. The van der Waals surface area contributed by atoms with Gasteiger partial charge < -0.3 is 15.8 Å². The Hall–Kier alpha value is -0.880. The van der Waals surface area contributed by atoms with E-state index in [0.717, 1.165) is 0 Å². The molecule has 0 bridgehead atoms. The number of nitrogens with one attached hydrogen (secondary N) is 1. The number of carbonyl (C=O) groups is 1. The van der Waals surface area contributed by atoms with E-state index in [9.17, 15) is 9.18 Å². The normalized spacial score (nSPS) is 13.9. The summed E-state index contributed by atoms with van der Waals surface area (Å²) in [6.45, 7) is 1.95. The molecule has 0 fully saturated rings. The van der Waals surface area contributed by atoms with Gasteiger partial charge in [0.15, 0.2) is 0 Å². The van der Waals surface area contributed by atoms with Crippen LogP contribution in [0.4, 0.5) is 4.39 Å². The van der Waals surface area contributed by atoms with Crippen LogP contribution in [0.15, 0.2) is 12.1 Å². The van der Waals surface area contributed by atoms with Gasteiger partial charge in [-0.25, -0.2) is 4.39 Å². The Balaban J connectivity index is 2.74. The fourth-order valence-corrected chi connectivity index (χ4v) is 2.26. The molecule has 0 aliphatic rings. The molecule has 2 unspecified atom stereocenters. The van der Waals surface area contributed by atoms with Crippen LogP contribution >= 0.6 is 23.2 Å². The maximum Gasteiger partial charge on any atom is 0.223 e. The maximum atomic E-state index is 13.4. The molecule has 0 aliphatic heterocycles. The standard InChI is InChI=1S/C13H17Cl2FN2O2/c1-7(18-13(19)3-8(6-17)20-2)9-4-12(16)11(15)5-10(9)14/h4-5,7-8H,3,6,17H2,1-2H3,(H,18,19). The lowest BCUT2D eigenvalue weighted by molar-refractivity contribution is -0.124. The van der Waals surface area contributed by atoms with Crippen LogP contribution in [0.2, 0.25) is 10.0 Å². The second-order valence-electron chi connectivity index (χ2n) is 4.37. The molecular weight excluding hydrogens is 306 g/mol. The Bertz CT molecular complexity index is 482. The predicted molar refractivity (Wildman–Crippen MR) is 77.4 cm³/mol. The third-order valence-electron chi connectivity index (χ3n) is 2.89. The van der Waals surface area contributed by atoms with Crippen LogP contribution in [0.5, 0.6) is 0 Å². The molecule has 1 aromatic carbocycles. The SMILES string of the molecule is COC(CN)CC(=O)NC(C)c1cc(F)c(Cl)cc1Cl. The van der Waals surface area contributed by atoms with Crippen molar-refractivity contribution >= 4 is 29.1 Å². The first-order chi connectivity index (χ1) is 9.38. The number of rotatable bonds is 6. The van der Waals surface area contributed by atoms with Crippen molar-refractivity contribution in [3.05, 3.63) is 33.6 Å². The fourth-order valence-electron chi connectivity index (χ4n) is 1.72. The van der Waals surface area contributed by atoms with Gasteiger partial charge in [0, 0.05) is 18.7 Å². The van der Waals surface area contributed by atoms with Crippen molar-refractivity contribution in [3.63, 3.8) is 0 Å². The number of nitrogens with two attached hydrogens (primary N) is 1. The predicted octanol–water partition coefficient (Wildman–Crippen LogP) is 2.67. The average Bonchev–Trinajstić information content (AvgIpc) is 2.39. The third kappa shape index (κ3) is 4.59. The summed E-state index contributed by atoms with van der Waals surface area (Å²) in [5.74, 6) is -0.829. The summed E-state index contributed by atoms with van der Waals surface area (Å²) in [7, 11) is 1.49. The Morgan fingerprint density at radius 2 is 2.10 bits per heavy atom. The highest BCUT2D eigenvalue weighted by molar-refractivity contribution is 6.35. The van der Waals surface area contributed by atoms with E-state index in [1.54, 1.807) is 6.92 Å². The van der Waals surface area contributed by atoms with E-state index < -0.39 is 11.9 Å². The number of halogens is 3. The quantitative estimate of drug-likeness (QED) is 0.791. The maximum absolute atomic E-state index is 13.4. The van der Waals surface area contributed by atoms with E-state index in [-0.39, 0.29) is 30.0 Å². The molecule has 0 aromatic heterocycles. The smallest absolute Gasteiger partial charge is 0.223 e. The van der Waals surface area contributed by atoms with Gasteiger partial charge in [-0.05, 0) is 24.6 Å². The van der Waals surface area contributed by atoms with Crippen molar-refractivity contribution in [2.45, 2.75) is 25.5 Å². The summed E-state index contributed by atoms with van der Waals surface area (Å²) in [5.41, 5.74) is 5.91. The first-order valence-electron chi connectivity index (χ1n) is 6.05. The minimum absolute atomic E-state index is 0.0557. The molecular formula is C13H17Cl2FN2O2. The van der Waals surface area contributed by atoms with Gasteiger partial charge in [-0.15, -0.1) is 0 Å². The molecule has 0 heterocycles. The molecule has 0 spiro atoms. The summed E-state index contributed by atoms with van der Waals surface area (Å²) in [5, 5.41) is 2.96. The second kappa shape index (κ2) is 7.78.